The van der Waals surface area contributed by atoms with Gasteiger partial charge in [-0.05, 0) is 13.3 Å². The van der Waals surface area contributed by atoms with Gasteiger partial charge in [-0.25, -0.2) is 4.98 Å². The van der Waals surface area contributed by atoms with Crippen LogP contribution in [-0.2, 0) is 9.47 Å². The van der Waals surface area contributed by atoms with Crippen LogP contribution in [0.2, 0.25) is 0 Å². The van der Waals surface area contributed by atoms with E-state index >= 15 is 0 Å². The highest BCUT2D eigenvalue weighted by molar-refractivity contribution is 7.09. The van der Waals surface area contributed by atoms with Crippen LogP contribution >= 0.6 is 11.5 Å². The van der Waals surface area contributed by atoms with Gasteiger partial charge >= 0.3 is 0 Å². The number of aromatic nitrogens is 2. The lowest BCUT2D eigenvalue weighted by Crippen LogP contribution is -2.37. The minimum absolute atomic E-state index is 0.190. The molecule has 2 unspecified atom stereocenters. The third kappa shape index (κ3) is 2.90. The Morgan fingerprint density at radius 2 is 2.50 bits per heavy atom. The average Bonchev–Trinajstić information content (AvgIpc) is 2.73. The van der Waals surface area contributed by atoms with Gasteiger partial charge in [0.15, 0.2) is 0 Å². The predicted octanol–water partition coefficient (Wildman–Crippen LogP) is 1.31. The molecule has 1 aliphatic heterocycles. The minimum atomic E-state index is 0.190. The van der Waals surface area contributed by atoms with E-state index in [1.807, 2.05) is 6.92 Å². The molecule has 0 bridgehead atoms. The number of aryl methyl sites for hydroxylation is 1. The second-order valence-corrected chi connectivity index (χ2v) is 4.68. The number of hydrogen-bond donors (Lipinski definition) is 1. The van der Waals surface area contributed by atoms with Crippen molar-refractivity contribution in [1.82, 2.24) is 9.36 Å². The number of hydrogen-bond acceptors (Lipinski definition) is 6. The van der Waals surface area contributed by atoms with E-state index in [9.17, 15) is 0 Å². The van der Waals surface area contributed by atoms with E-state index < -0.39 is 0 Å². The molecule has 0 amide bonds. The highest BCUT2D eigenvalue weighted by atomic mass is 32.1. The Labute approximate surface area is 99.3 Å². The minimum Gasteiger partial charge on any atom is -0.379 e. The summed E-state index contributed by atoms with van der Waals surface area (Å²) >= 11 is 1.40. The quantitative estimate of drug-likeness (QED) is 0.864. The number of nitrogens with one attached hydrogen (secondary N) is 1. The Balaban J connectivity index is 1.84. The number of anilines is 1. The maximum absolute atomic E-state index is 5.40. The van der Waals surface area contributed by atoms with E-state index in [2.05, 4.69) is 14.7 Å². The molecule has 0 aromatic carbocycles. The molecule has 2 heterocycles. The van der Waals surface area contributed by atoms with Gasteiger partial charge in [-0.2, -0.15) is 4.37 Å². The summed E-state index contributed by atoms with van der Waals surface area (Å²) in [5, 5.41) is 4.20. The first-order valence-electron chi connectivity index (χ1n) is 5.44. The lowest BCUT2D eigenvalue weighted by atomic mass is 9.97. The van der Waals surface area contributed by atoms with Gasteiger partial charge in [0.2, 0.25) is 5.13 Å². The van der Waals surface area contributed by atoms with Crippen LogP contribution in [0.5, 0.6) is 0 Å². The van der Waals surface area contributed by atoms with Crippen molar-refractivity contribution in [3.63, 3.8) is 0 Å². The molecule has 2 atom stereocenters. The fourth-order valence-corrected chi connectivity index (χ4v) is 2.42. The van der Waals surface area contributed by atoms with Gasteiger partial charge < -0.3 is 14.8 Å². The summed E-state index contributed by atoms with van der Waals surface area (Å²) in [5.41, 5.74) is 0. The van der Waals surface area contributed by atoms with Crippen LogP contribution < -0.4 is 5.32 Å². The van der Waals surface area contributed by atoms with Crippen LogP contribution in [0.1, 0.15) is 12.2 Å². The number of nitrogens with zero attached hydrogens (tertiary/aromatic N) is 2. The fraction of sp³-hybridized carbons (Fsp3) is 0.800. The second-order valence-electron chi connectivity index (χ2n) is 3.93. The standard InChI is InChI=1S/C10H17N3O2S/c1-7-12-10(16-13-7)11-5-8-3-4-15-6-9(8)14-2/h8-9H,3-6H2,1-2H3,(H,11,12,13). The van der Waals surface area contributed by atoms with Gasteiger partial charge in [0.05, 0.1) is 12.7 Å². The molecule has 1 aliphatic rings. The van der Waals surface area contributed by atoms with Gasteiger partial charge in [-0.15, -0.1) is 0 Å². The monoisotopic (exact) mass is 243 g/mol. The fourth-order valence-electron chi connectivity index (χ4n) is 1.84. The van der Waals surface area contributed by atoms with Gasteiger partial charge in [0.25, 0.3) is 0 Å². The van der Waals surface area contributed by atoms with Crippen LogP contribution in [0, 0.1) is 12.8 Å². The molecule has 1 N–H and O–H groups in total. The van der Waals surface area contributed by atoms with Gasteiger partial charge in [0, 0.05) is 37.7 Å². The first-order chi connectivity index (χ1) is 7.79. The number of ether oxygens (including phenoxy) is 2. The van der Waals surface area contributed by atoms with Crippen molar-refractivity contribution in [2.24, 2.45) is 5.92 Å². The zero-order valence-electron chi connectivity index (χ0n) is 9.60. The molecule has 0 spiro atoms. The largest absolute Gasteiger partial charge is 0.379 e. The van der Waals surface area contributed by atoms with Crippen LogP contribution in [-0.4, -0.2) is 42.3 Å². The molecule has 1 saturated heterocycles. The summed E-state index contributed by atoms with van der Waals surface area (Å²) in [6.07, 6.45) is 1.22. The van der Waals surface area contributed by atoms with Crippen molar-refractivity contribution in [1.29, 1.82) is 0 Å². The lowest BCUT2D eigenvalue weighted by Gasteiger charge is -2.30. The molecule has 2 rings (SSSR count). The first-order valence-corrected chi connectivity index (χ1v) is 6.21. The Hall–Kier alpha value is -0.720. The SMILES string of the molecule is COC1COCCC1CNc1nc(C)ns1. The van der Waals surface area contributed by atoms with Crippen LogP contribution in [0.3, 0.4) is 0 Å². The molecule has 16 heavy (non-hydrogen) atoms. The van der Waals surface area contributed by atoms with Crippen molar-refractivity contribution in [2.75, 3.05) is 32.2 Å². The first kappa shape index (κ1) is 11.8. The summed E-state index contributed by atoms with van der Waals surface area (Å²) in [6, 6.07) is 0. The van der Waals surface area contributed by atoms with E-state index in [4.69, 9.17) is 9.47 Å². The van der Waals surface area contributed by atoms with Gasteiger partial charge in [-0.1, -0.05) is 0 Å². The number of methoxy groups -OCH3 is 1. The topological polar surface area (TPSA) is 56.3 Å². The summed E-state index contributed by atoms with van der Waals surface area (Å²) in [6.45, 7) is 4.28. The Bertz CT molecular complexity index is 332. The van der Waals surface area contributed by atoms with Crippen LogP contribution in [0.4, 0.5) is 5.13 Å². The highest BCUT2D eigenvalue weighted by Crippen LogP contribution is 2.19. The maximum atomic E-state index is 5.40. The molecule has 0 aliphatic carbocycles. The summed E-state index contributed by atoms with van der Waals surface area (Å²) in [7, 11) is 1.74. The van der Waals surface area contributed by atoms with Gasteiger partial charge in [0.1, 0.15) is 5.82 Å². The molecule has 1 aromatic rings. The highest BCUT2D eigenvalue weighted by Gasteiger charge is 2.25. The molecule has 0 radical (unpaired) electrons. The third-order valence-corrected chi connectivity index (χ3v) is 3.55. The molecule has 1 fully saturated rings. The van der Waals surface area contributed by atoms with Crippen molar-refractivity contribution < 1.29 is 9.47 Å². The summed E-state index contributed by atoms with van der Waals surface area (Å²) in [5.74, 6) is 1.31. The van der Waals surface area contributed by atoms with Crippen LogP contribution in [0.25, 0.3) is 0 Å². The van der Waals surface area contributed by atoms with Crippen molar-refractivity contribution in [3.05, 3.63) is 5.82 Å². The smallest absolute Gasteiger partial charge is 0.202 e. The predicted molar refractivity (Wildman–Crippen MR) is 62.9 cm³/mol. The van der Waals surface area contributed by atoms with Crippen molar-refractivity contribution >= 4 is 16.7 Å². The molecule has 90 valence electrons. The van der Waals surface area contributed by atoms with E-state index in [1.54, 1.807) is 7.11 Å². The van der Waals surface area contributed by atoms with E-state index in [-0.39, 0.29) is 6.10 Å². The van der Waals surface area contributed by atoms with Crippen LogP contribution in [0.15, 0.2) is 0 Å². The van der Waals surface area contributed by atoms with Gasteiger partial charge in [-0.3, -0.25) is 0 Å². The Kier molecular flexibility index (Phi) is 4.09. The molecule has 1 aromatic heterocycles. The Morgan fingerprint density at radius 1 is 1.62 bits per heavy atom. The molecule has 6 heteroatoms. The second kappa shape index (κ2) is 5.56. The maximum Gasteiger partial charge on any atom is 0.202 e. The molecular formula is C10H17N3O2S. The zero-order valence-corrected chi connectivity index (χ0v) is 10.4. The summed E-state index contributed by atoms with van der Waals surface area (Å²) in [4.78, 5) is 4.27. The number of rotatable bonds is 4. The normalized spacial score (nSPS) is 25.6. The molecule has 5 nitrogen and oxygen atoms in total. The third-order valence-electron chi connectivity index (χ3n) is 2.79. The lowest BCUT2D eigenvalue weighted by molar-refractivity contribution is -0.0614. The summed E-state index contributed by atoms with van der Waals surface area (Å²) < 4.78 is 14.9. The van der Waals surface area contributed by atoms with Crippen molar-refractivity contribution in [3.8, 4) is 0 Å². The average molecular weight is 243 g/mol. The van der Waals surface area contributed by atoms with E-state index in [0.29, 0.717) is 12.5 Å². The van der Waals surface area contributed by atoms with E-state index in [1.165, 1.54) is 11.5 Å². The zero-order chi connectivity index (χ0) is 11.4. The van der Waals surface area contributed by atoms with E-state index in [0.717, 1.165) is 30.5 Å². The molecule has 0 saturated carbocycles. The Morgan fingerprint density at radius 3 is 3.19 bits per heavy atom. The van der Waals surface area contributed by atoms with Crippen molar-refractivity contribution in [2.45, 2.75) is 19.4 Å². The molecular weight excluding hydrogens is 226 g/mol.